The highest BCUT2D eigenvalue weighted by Crippen LogP contribution is 2.37. The number of nitrogens with zero attached hydrogens (tertiary/aromatic N) is 1. The Bertz CT molecular complexity index is 1070. The summed E-state index contributed by atoms with van der Waals surface area (Å²) in [5.41, 5.74) is 7.13. The first-order valence-electron chi connectivity index (χ1n) is 8.78. The van der Waals surface area contributed by atoms with Crippen LogP contribution in [0.2, 0.25) is 0 Å². The second kappa shape index (κ2) is 7.42. The van der Waals surface area contributed by atoms with E-state index in [-0.39, 0.29) is 11.3 Å². The van der Waals surface area contributed by atoms with E-state index < -0.39 is 29.4 Å². The predicted octanol–water partition coefficient (Wildman–Crippen LogP) is 3.90. The number of ether oxygens (including phenoxy) is 1. The number of hydrogen-bond donors (Lipinski definition) is 1. The largest absolute Gasteiger partial charge is 0.494 e. The summed E-state index contributed by atoms with van der Waals surface area (Å²) in [6.07, 6.45) is 0.416. The Hall–Kier alpha value is -3.22. The zero-order valence-corrected chi connectivity index (χ0v) is 15.8. The van der Waals surface area contributed by atoms with Crippen LogP contribution in [0.15, 0.2) is 36.4 Å². The highest BCUT2D eigenvalue weighted by Gasteiger charge is 2.28. The van der Waals surface area contributed by atoms with Gasteiger partial charge in [0.25, 0.3) is 5.91 Å². The summed E-state index contributed by atoms with van der Waals surface area (Å²) in [4.78, 5) is 25.1. The van der Waals surface area contributed by atoms with E-state index in [2.05, 4.69) is 0 Å². The number of hydrogen-bond acceptors (Lipinski definition) is 3. The molecule has 1 amide bonds. The molecule has 146 valence electrons. The standard InChI is InChI=1S/C21H20F2N2O3/c1-4-14(20(24)26)19-11(2)25(21(27)12-5-7-13(22)8-6-12)17-10-16(23)18(28-3)9-15(17)19/h5-10,14H,4H2,1-3H3,(H2,24,26). The average Bonchev–Trinajstić information content (AvgIpc) is 2.93. The number of rotatable bonds is 5. The van der Waals surface area contributed by atoms with Gasteiger partial charge in [-0.2, -0.15) is 0 Å². The zero-order chi connectivity index (χ0) is 20.6. The van der Waals surface area contributed by atoms with Gasteiger partial charge in [0, 0.05) is 22.7 Å². The Morgan fingerprint density at radius 1 is 1.18 bits per heavy atom. The molecule has 28 heavy (non-hydrogen) atoms. The van der Waals surface area contributed by atoms with Crippen LogP contribution in [0, 0.1) is 18.6 Å². The Balaban J connectivity index is 2.35. The molecule has 5 nitrogen and oxygen atoms in total. The molecular weight excluding hydrogens is 366 g/mol. The molecule has 3 aromatic rings. The predicted molar refractivity (Wildman–Crippen MR) is 102 cm³/mol. The molecule has 0 spiro atoms. The summed E-state index contributed by atoms with van der Waals surface area (Å²) >= 11 is 0. The van der Waals surface area contributed by atoms with Gasteiger partial charge in [-0.25, -0.2) is 8.78 Å². The number of carbonyl (C=O) groups is 2. The van der Waals surface area contributed by atoms with E-state index in [9.17, 15) is 18.4 Å². The lowest BCUT2D eigenvalue weighted by Crippen LogP contribution is -2.22. The van der Waals surface area contributed by atoms with E-state index in [1.54, 1.807) is 13.8 Å². The van der Waals surface area contributed by atoms with Crippen LogP contribution in [0.4, 0.5) is 8.78 Å². The molecule has 1 atom stereocenters. The van der Waals surface area contributed by atoms with Crippen molar-refractivity contribution in [2.45, 2.75) is 26.2 Å². The third kappa shape index (κ3) is 3.13. The Labute approximate surface area is 160 Å². The van der Waals surface area contributed by atoms with Gasteiger partial charge >= 0.3 is 0 Å². The molecule has 0 radical (unpaired) electrons. The molecule has 1 aromatic heterocycles. The molecule has 2 N–H and O–H groups in total. The molecule has 0 saturated carbocycles. The molecule has 0 aliphatic carbocycles. The highest BCUT2D eigenvalue weighted by atomic mass is 19.1. The number of carbonyl (C=O) groups excluding carboxylic acids is 2. The van der Waals surface area contributed by atoms with E-state index in [0.717, 1.165) is 0 Å². The Morgan fingerprint density at radius 2 is 1.82 bits per heavy atom. The molecule has 0 saturated heterocycles. The average molecular weight is 386 g/mol. The lowest BCUT2D eigenvalue weighted by Gasteiger charge is -2.13. The minimum atomic E-state index is -0.653. The highest BCUT2D eigenvalue weighted by molar-refractivity contribution is 6.05. The van der Waals surface area contributed by atoms with Crippen molar-refractivity contribution in [3.63, 3.8) is 0 Å². The smallest absolute Gasteiger partial charge is 0.262 e. The van der Waals surface area contributed by atoms with Crippen LogP contribution in [0.1, 0.15) is 40.9 Å². The van der Waals surface area contributed by atoms with Crippen molar-refractivity contribution in [1.82, 2.24) is 4.57 Å². The quantitative estimate of drug-likeness (QED) is 0.723. The van der Waals surface area contributed by atoms with Gasteiger partial charge in [-0.15, -0.1) is 0 Å². The molecule has 1 unspecified atom stereocenters. The van der Waals surface area contributed by atoms with Crippen molar-refractivity contribution in [2.24, 2.45) is 5.73 Å². The van der Waals surface area contributed by atoms with Crippen molar-refractivity contribution in [2.75, 3.05) is 7.11 Å². The van der Waals surface area contributed by atoms with Gasteiger partial charge in [-0.05, 0) is 49.2 Å². The maximum Gasteiger partial charge on any atom is 0.262 e. The minimum Gasteiger partial charge on any atom is -0.494 e. The molecule has 1 heterocycles. The third-order valence-corrected chi connectivity index (χ3v) is 4.92. The number of aromatic nitrogens is 1. The van der Waals surface area contributed by atoms with Crippen molar-refractivity contribution in [3.8, 4) is 5.75 Å². The fraction of sp³-hybridized carbons (Fsp3) is 0.238. The van der Waals surface area contributed by atoms with Crippen LogP contribution in [0.3, 0.4) is 0 Å². The van der Waals surface area contributed by atoms with Gasteiger partial charge in [0.15, 0.2) is 11.6 Å². The molecule has 0 aliphatic rings. The lowest BCUT2D eigenvalue weighted by atomic mass is 9.93. The molecule has 2 aromatic carbocycles. The van der Waals surface area contributed by atoms with Crippen LogP contribution in [0.25, 0.3) is 10.9 Å². The lowest BCUT2D eigenvalue weighted by molar-refractivity contribution is -0.119. The Morgan fingerprint density at radius 3 is 2.36 bits per heavy atom. The van der Waals surface area contributed by atoms with Gasteiger partial charge in [0.1, 0.15) is 5.82 Å². The number of amides is 1. The monoisotopic (exact) mass is 386 g/mol. The number of primary amides is 1. The van der Waals surface area contributed by atoms with Gasteiger partial charge < -0.3 is 10.5 Å². The van der Waals surface area contributed by atoms with Crippen LogP contribution in [-0.2, 0) is 4.79 Å². The van der Waals surface area contributed by atoms with Crippen LogP contribution >= 0.6 is 0 Å². The maximum absolute atomic E-state index is 14.4. The summed E-state index contributed by atoms with van der Waals surface area (Å²) in [5, 5.41) is 0.511. The van der Waals surface area contributed by atoms with Crippen molar-refractivity contribution >= 4 is 22.7 Å². The molecule has 0 bridgehead atoms. The van der Waals surface area contributed by atoms with Crippen molar-refractivity contribution in [3.05, 3.63) is 64.9 Å². The summed E-state index contributed by atoms with van der Waals surface area (Å²) in [7, 11) is 1.34. The Kier molecular flexibility index (Phi) is 5.18. The first kappa shape index (κ1) is 19.5. The molecule has 7 heteroatoms. The second-order valence-corrected chi connectivity index (χ2v) is 6.51. The number of benzene rings is 2. The first-order chi connectivity index (χ1) is 13.3. The summed E-state index contributed by atoms with van der Waals surface area (Å²) in [6.45, 7) is 3.48. The molecule has 3 rings (SSSR count). The fourth-order valence-corrected chi connectivity index (χ4v) is 3.57. The van der Waals surface area contributed by atoms with E-state index >= 15 is 0 Å². The normalized spacial score (nSPS) is 12.2. The summed E-state index contributed by atoms with van der Waals surface area (Å²) < 4.78 is 34.0. The van der Waals surface area contributed by atoms with Crippen LogP contribution < -0.4 is 10.5 Å². The number of fused-ring (bicyclic) bond motifs is 1. The van der Waals surface area contributed by atoms with Gasteiger partial charge in [-0.3, -0.25) is 14.2 Å². The van der Waals surface area contributed by atoms with Crippen molar-refractivity contribution < 1.29 is 23.1 Å². The molecule has 0 fully saturated rings. The number of methoxy groups -OCH3 is 1. The zero-order valence-electron chi connectivity index (χ0n) is 15.8. The summed E-state index contributed by atoms with van der Waals surface area (Å²) in [6, 6.07) is 7.72. The maximum atomic E-state index is 14.4. The van der Waals surface area contributed by atoms with Crippen LogP contribution in [0.5, 0.6) is 5.75 Å². The summed E-state index contributed by atoms with van der Waals surface area (Å²) in [5.74, 6) is -2.76. The minimum absolute atomic E-state index is 0.000505. The second-order valence-electron chi connectivity index (χ2n) is 6.51. The topological polar surface area (TPSA) is 74.3 Å². The number of nitrogens with two attached hydrogens (primary N) is 1. The SMILES string of the molecule is CCC(C(N)=O)c1c(C)n(C(=O)c2ccc(F)cc2)c2cc(F)c(OC)cc12. The van der Waals surface area contributed by atoms with E-state index in [4.69, 9.17) is 10.5 Å². The van der Waals surface area contributed by atoms with Gasteiger partial charge in [0.2, 0.25) is 5.91 Å². The number of halogens is 2. The van der Waals surface area contributed by atoms with E-state index in [0.29, 0.717) is 28.6 Å². The molecular formula is C21H20F2N2O3. The van der Waals surface area contributed by atoms with Crippen molar-refractivity contribution in [1.29, 1.82) is 0 Å². The van der Waals surface area contributed by atoms with Crippen LogP contribution in [-0.4, -0.2) is 23.5 Å². The first-order valence-corrected chi connectivity index (χ1v) is 8.78. The molecule has 0 aliphatic heterocycles. The third-order valence-electron chi connectivity index (χ3n) is 4.92. The van der Waals surface area contributed by atoms with Gasteiger partial charge in [0.05, 0.1) is 18.5 Å². The van der Waals surface area contributed by atoms with E-state index in [1.165, 1.54) is 48.1 Å². The van der Waals surface area contributed by atoms with Gasteiger partial charge in [-0.1, -0.05) is 6.92 Å². The fourth-order valence-electron chi connectivity index (χ4n) is 3.57. The van der Waals surface area contributed by atoms with E-state index in [1.807, 2.05) is 0 Å².